The van der Waals surface area contributed by atoms with Gasteiger partial charge in [-0.05, 0) is 83.0 Å². The standard InChI is InChI=1S/C25H41N3O6S/c1-16-15-27(24(29)22-4-3-13-33-22)21-14-18(17-5-8-19(9-6-17)35(2,31)32)7-10-20(21)28(16)25(30)23-11-12-26-34-23/h16-23,26H,3-15H2,1-2H3/t16-,17?,18?,19?,20?,21?,22?,23?/m0/s1. The van der Waals surface area contributed by atoms with Gasteiger partial charge in [-0.25, -0.2) is 13.9 Å². The van der Waals surface area contributed by atoms with Gasteiger partial charge in [-0.3, -0.25) is 14.4 Å². The zero-order valence-corrected chi connectivity index (χ0v) is 21.9. The second-order valence-corrected chi connectivity index (χ2v) is 13.8. The molecule has 2 saturated carbocycles. The van der Waals surface area contributed by atoms with Crippen molar-refractivity contribution in [3.8, 4) is 0 Å². The molecule has 0 radical (unpaired) electrons. The van der Waals surface area contributed by atoms with Crippen LogP contribution >= 0.6 is 0 Å². The molecule has 3 saturated heterocycles. The lowest BCUT2D eigenvalue weighted by Crippen LogP contribution is -2.69. The minimum Gasteiger partial charge on any atom is -0.368 e. The van der Waals surface area contributed by atoms with Crippen molar-refractivity contribution in [1.82, 2.24) is 15.3 Å². The van der Waals surface area contributed by atoms with Gasteiger partial charge in [0.25, 0.3) is 11.8 Å². The smallest absolute Gasteiger partial charge is 0.254 e. The summed E-state index contributed by atoms with van der Waals surface area (Å²) in [6.45, 7) is 3.88. The van der Waals surface area contributed by atoms with Gasteiger partial charge in [-0.1, -0.05) is 0 Å². The number of carbonyl (C=O) groups is 2. The Morgan fingerprint density at radius 1 is 0.886 bits per heavy atom. The highest BCUT2D eigenvalue weighted by atomic mass is 32.2. The molecule has 198 valence electrons. The maximum absolute atomic E-state index is 13.6. The molecular formula is C25H41N3O6S. The lowest BCUT2D eigenvalue weighted by molar-refractivity contribution is -0.167. The highest BCUT2D eigenvalue weighted by molar-refractivity contribution is 7.91. The third kappa shape index (κ3) is 5.13. The fraction of sp³-hybridized carbons (Fsp3) is 0.920. The first-order valence-electron chi connectivity index (χ1n) is 13.6. The van der Waals surface area contributed by atoms with E-state index in [9.17, 15) is 18.0 Å². The normalized spacial score (nSPS) is 40.5. The molecule has 9 nitrogen and oxygen atoms in total. The van der Waals surface area contributed by atoms with Crippen molar-refractivity contribution >= 4 is 21.7 Å². The van der Waals surface area contributed by atoms with E-state index in [1.54, 1.807) is 0 Å². The van der Waals surface area contributed by atoms with Crippen LogP contribution in [-0.4, -0.2) is 91.6 Å². The Hall–Kier alpha value is -1.23. The zero-order valence-electron chi connectivity index (χ0n) is 21.1. The summed E-state index contributed by atoms with van der Waals surface area (Å²) in [6, 6.07) is -0.0999. The van der Waals surface area contributed by atoms with Crippen molar-refractivity contribution in [1.29, 1.82) is 0 Å². The summed E-state index contributed by atoms with van der Waals surface area (Å²) < 4.78 is 29.8. The van der Waals surface area contributed by atoms with Crippen LogP contribution in [0, 0.1) is 11.8 Å². The van der Waals surface area contributed by atoms with Crippen molar-refractivity contribution in [3.63, 3.8) is 0 Å². The third-order valence-electron chi connectivity index (χ3n) is 9.26. The second kappa shape index (κ2) is 10.3. The summed E-state index contributed by atoms with van der Waals surface area (Å²) in [5.74, 6) is 1.05. The number of amides is 2. The zero-order chi connectivity index (χ0) is 24.7. The average Bonchev–Trinajstić information content (AvgIpc) is 3.57. The van der Waals surface area contributed by atoms with Gasteiger partial charge in [-0.15, -0.1) is 0 Å². The summed E-state index contributed by atoms with van der Waals surface area (Å²) in [7, 11) is -2.99. The van der Waals surface area contributed by atoms with Crippen molar-refractivity contribution in [3.05, 3.63) is 0 Å². The number of nitrogens with one attached hydrogen (secondary N) is 1. The Balaban J connectivity index is 1.34. The molecule has 5 fully saturated rings. The number of ether oxygens (including phenoxy) is 1. The van der Waals surface area contributed by atoms with Crippen LogP contribution in [0.2, 0.25) is 0 Å². The number of hydrogen-bond acceptors (Lipinski definition) is 7. The molecule has 0 bridgehead atoms. The number of rotatable bonds is 4. The van der Waals surface area contributed by atoms with Crippen LogP contribution in [0.15, 0.2) is 0 Å². The summed E-state index contributed by atoms with van der Waals surface area (Å²) in [5, 5.41) is -0.212. The van der Waals surface area contributed by atoms with Crippen molar-refractivity contribution in [2.24, 2.45) is 11.8 Å². The monoisotopic (exact) mass is 511 g/mol. The van der Waals surface area contributed by atoms with Gasteiger partial charge in [0.05, 0.1) is 17.3 Å². The van der Waals surface area contributed by atoms with E-state index in [1.165, 1.54) is 6.26 Å². The third-order valence-corrected chi connectivity index (χ3v) is 10.9. The average molecular weight is 512 g/mol. The van der Waals surface area contributed by atoms with Gasteiger partial charge in [-0.2, -0.15) is 0 Å². The summed E-state index contributed by atoms with van der Waals surface area (Å²) in [6.07, 6.45) is 8.98. The molecule has 35 heavy (non-hydrogen) atoms. The lowest BCUT2D eigenvalue weighted by Gasteiger charge is -2.55. The molecule has 5 aliphatic rings. The maximum Gasteiger partial charge on any atom is 0.254 e. The predicted octanol–water partition coefficient (Wildman–Crippen LogP) is 1.66. The minimum atomic E-state index is -2.99. The van der Waals surface area contributed by atoms with Gasteiger partial charge in [0, 0.05) is 32.0 Å². The second-order valence-electron chi connectivity index (χ2n) is 11.5. The van der Waals surface area contributed by atoms with E-state index in [1.807, 2.05) is 16.7 Å². The molecule has 2 aliphatic carbocycles. The highest BCUT2D eigenvalue weighted by Crippen LogP contribution is 2.44. The van der Waals surface area contributed by atoms with Gasteiger partial charge in [0.2, 0.25) is 0 Å². The van der Waals surface area contributed by atoms with E-state index >= 15 is 0 Å². The molecule has 1 N–H and O–H groups in total. The Morgan fingerprint density at radius 2 is 1.63 bits per heavy atom. The Labute approximate surface area is 209 Å². The Kier molecular flexibility index (Phi) is 7.45. The number of hydroxylamine groups is 1. The van der Waals surface area contributed by atoms with Crippen LogP contribution in [0.3, 0.4) is 0 Å². The van der Waals surface area contributed by atoms with E-state index in [-0.39, 0.29) is 41.3 Å². The summed E-state index contributed by atoms with van der Waals surface area (Å²) >= 11 is 0. The summed E-state index contributed by atoms with van der Waals surface area (Å²) in [5.41, 5.74) is 2.84. The number of sulfone groups is 1. The molecular weight excluding hydrogens is 470 g/mol. The fourth-order valence-corrected chi connectivity index (χ4v) is 8.54. The molecule has 0 aromatic rings. The molecule has 5 rings (SSSR count). The Bertz CT molecular complexity index is 893. The van der Waals surface area contributed by atoms with Crippen LogP contribution in [0.4, 0.5) is 0 Å². The number of fused-ring (bicyclic) bond motifs is 1. The number of hydrogen-bond donors (Lipinski definition) is 1. The van der Waals surface area contributed by atoms with E-state index in [0.29, 0.717) is 38.0 Å². The molecule has 3 heterocycles. The predicted molar refractivity (Wildman–Crippen MR) is 130 cm³/mol. The lowest BCUT2D eigenvalue weighted by atomic mass is 9.69. The van der Waals surface area contributed by atoms with Gasteiger partial charge in [0.15, 0.2) is 6.10 Å². The first-order valence-corrected chi connectivity index (χ1v) is 15.5. The van der Waals surface area contributed by atoms with E-state index < -0.39 is 15.9 Å². The number of carbonyl (C=O) groups excluding carboxylic acids is 2. The SMILES string of the molecule is C[C@H]1CN(C(=O)C2CCCO2)C2CC(C3CCC(S(C)(=O)=O)CC3)CCC2N1C(=O)C1CCNO1. The first-order chi connectivity index (χ1) is 16.7. The van der Waals surface area contributed by atoms with Crippen LogP contribution in [0.5, 0.6) is 0 Å². The quantitative estimate of drug-likeness (QED) is 0.612. The first kappa shape index (κ1) is 25.4. The fourth-order valence-electron chi connectivity index (χ4n) is 7.41. The molecule has 2 amide bonds. The van der Waals surface area contributed by atoms with Crippen LogP contribution in [0.1, 0.15) is 71.1 Å². The van der Waals surface area contributed by atoms with Crippen LogP contribution in [0.25, 0.3) is 0 Å². The molecule has 10 heteroatoms. The molecule has 0 aromatic heterocycles. The Morgan fingerprint density at radius 3 is 2.26 bits per heavy atom. The summed E-state index contributed by atoms with van der Waals surface area (Å²) in [4.78, 5) is 36.6. The van der Waals surface area contributed by atoms with Gasteiger partial charge in [0.1, 0.15) is 15.9 Å². The number of nitrogens with zero attached hydrogens (tertiary/aromatic N) is 2. The minimum absolute atomic E-state index is 0.00980. The molecule has 6 atom stereocenters. The largest absolute Gasteiger partial charge is 0.368 e. The van der Waals surface area contributed by atoms with Crippen LogP contribution < -0.4 is 5.48 Å². The highest BCUT2D eigenvalue weighted by Gasteiger charge is 2.50. The van der Waals surface area contributed by atoms with Crippen molar-refractivity contribution < 1.29 is 27.6 Å². The van der Waals surface area contributed by atoms with Crippen LogP contribution in [-0.2, 0) is 29.0 Å². The molecule has 0 spiro atoms. The molecule has 5 unspecified atom stereocenters. The van der Waals surface area contributed by atoms with E-state index in [4.69, 9.17) is 9.57 Å². The van der Waals surface area contributed by atoms with Crippen molar-refractivity contribution in [2.45, 2.75) is 107 Å². The number of piperazine rings is 1. The van der Waals surface area contributed by atoms with Gasteiger partial charge >= 0.3 is 0 Å². The van der Waals surface area contributed by atoms with E-state index in [2.05, 4.69) is 5.48 Å². The maximum atomic E-state index is 13.6. The molecule has 3 aliphatic heterocycles. The van der Waals surface area contributed by atoms with Gasteiger partial charge < -0.3 is 14.5 Å². The van der Waals surface area contributed by atoms with Crippen molar-refractivity contribution in [2.75, 3.05) is 26.0 Å². The molecule has 0 aromatic carbocycles. The van der Waals surface area contributed by atoms with E-state index in [0.717, 1.165) is 57.8 Å². The topological polar surface area (TPSA) is 105 Å².